The van der Waals surface area contributed by atoms with Gasteiger partial charge in [0.15, 0.2) is 0 Å². The Kier molecular flexibility index (Phi) is 6.00. The van der Waals surface area contributed by atoms with Gasteiger partial charge in [0, 0.05) is 37.4 Å². The number of likely N-dealkylation sites (N-methyl/N-ethyl adjacent to an activating group) is 1. The minimum absolute atomic E-state index is 0.0724. The van der Waals surface area contributed by atoms with Crippen LogP contribution in [-0.2, 0) is 15.4 Å². The molecule has 0 bridgehead atoms. The van der Waals surface area contributed by atoms with E-state index >= 15 is 0 Å². The van der Waals surface area contributed by atoms with Crippen LogP contribution in [0.2, 0.25) is 0 Å². The number of sulfonamides is 1. The van der Waals surface area contributed by atoms with E-state index in [0.717, 1.165) is 37.4 Å². The fourth-order valence-corrected chi connectivity index (χ4v) is 4.24. The zero-order valence-electron chi connectivity index (χ0n) is 17.5. The highest BCUT2D eigenvalue weighted by Crippen LogP contribution is 2.23. The number of anilines is 1. The fraction of sp³-hybridized carbons (Fsp3) is 0.409. The molecule has 2 aromatic carbocycles. The molecule has 1 aliphatic rings. The van der Waals surface area contributed by atoms with Crippen LogP contribution >= 0.6 is 0 Å². The number of hydrogen-bond donors (Lipinski definition) is 1. The Bertz CT molecular complexity index is 954. The summed E-state index contributed by atoms with van der Waals surface area (Å²) in [6.07, 6.45) is 0. The Hall–Kier alpha value is -2.38. The summed E-state index contributed by atoms with van der Waals surface area (Å²) < 4.78 is 27.3. The van der Waals surface area contributed by atoms with Crippen molar-refractivity contribution in [2.45, 2.75) is 31.1 Å². The van der Waals surface area contributed by atoms with Crippen molar-refractivity contribution in [3.8, 4) is 0 Å². The number of carbonyl (C=O) groups is 1. The summed E-state index contributed by atoms with van der Waals surface area (Å²) in [4.78, 5) is 17.1. The van der Waals surface area contributed by atoms with Crippen LogP contribution in [-0.4, -0.2) is 52.5 Å². The van der Waals surface area contributed by atoms with Crippen LogP contribution in [0.15, 0.2) is 53.4 Å². The van der Waals surface area contributed by atoms with Gasteiger partial charge in [-0.05, 0) is 54.4 Å². The summed E-state index contributed by atoms with van der Waals surface area (Å²) in [5, 5.41) is 0. The molecule has 29 heavy (non-hydrogen) atoms. The van der Waals surface area contributed by atoms with Crippen LogP contribution < -0.4 is 9.62 Å². The Morgan fingerprint density at radius 2 is 1.45 bits per heavy atom. The zero-order chi connectivity index (χ0) is 21.2. The fourth-order valence-electron chi connectivity index (χ4n) is 3.26. The number of carbonyl (C=O) groups excluding carboxylic acids is 1. The predicted octanol–water partition coefficient (Wildman–Crippen LogP) is 2.85. The molecule has 0 saturated carbocycles. The highest BCUT2D eigenvalue weighted by atomic mass is 32.2. The number of piperazine rings is 1. The molecule has 3 rings (SSSR count). The molecule has 0 unspecified atom stereocenters. The van der Waals surface area contributed by atoms with E-state index in [-0.39, 0.29) is 10.3 Å². The van der Waals surface area contributed by atoms with Crippen molar-refractivity contribution < 1.29 is 13.2 Å². The normalized spacial score (nSPS) is 15.9. The number of hydrogen-bond acceptors (Lipinski definition) is 5. The summed E-state index contributed by atoms with van der Waals surface area (Å²) in [7, 11) is -1.82. The smallest absolute Gasteiger partial charge is 0.264 e. The maximum Gasteiger partial charge on any atom is 0.264 e. The van der Waals surface area contributed by atoms with Crippen molar-refractivity contribution in [2.24, 2.45) is 0 Å². The summed E-state index contributed by atoms with van der Waals surface area (Å²) in [6.45, 7) is 10.0. The van der Waals surface area contributed by atoms with Gasteiger partial charge >= 0.3 is 0 Å². The Balaban J connectivity index is 1.69. The van der Waals surface area contributed by atoms with Gasteiger partial charge in [0.05, 0.1) is 4.90 Å². The lowest BCUT2D eigenvalue weighted by molar-refractivity contribution is 0.0981. The van der Waals surface area contributed by atoms with Crippen LogP contribution in [0.4, 0.5) is 5.69 Å². The molecule has 2 aromatic rings. The molecule has 1 N–H and O–H groups in total. The third kappa shape index (κ3) is 5.16. The zero-order valence-corrected chi connectivity index (χ0v) is 18.3. The van der Waals surface area contributed by atoms with E-state index in [1.54, 1.807) is 24.3 Å². The molecule has 0 spiro atoms. The minimum Gasteiger partial charge on any atom is -0.369 e. The molecule has 0 aromatic heterocycles. The topological polar surface area (TPSA) is 69.7 Å². The summed E-state index contributed by atoms with van der Waals surface area (Å²) in [5.41, 5.74) is 2.31. The Labute approximate surface area is 173 Å². The summed E-state index contributed by atoms with van der Waals surface area (Å²) in [6, 6.07) is 13.7. The lowest BCUT2D eigenvalue weighted by Gasteiger charge is -2.34. The van der Waals surface area contributed by atoms with Crippen molar-refractivity contribution >= 4 is 21.6 Å². The minimum atomic E-state index is -3.92. The number of nitrogens with one attached hydrogen (secondary N) is 1. The maximum absolute atomic E-state index is 12.6. The largest absolute Gasteiger partial charge is 0.369 e. The van der Waals surface area contributed by atoms with E-state index in [9.17, 15) is 13.2 Å². The third-order valence-corrected chi connectivity index (χ3v) is 6.60. The molecule has 1 saturated heterocycles. The quantitative estimate of drug-likeness (QED) is 0.832. The monoisotopic (exact) mass is 415 g/mol. The van der Waals surface area contributed by atoms with Gasteiger partial charge in [-0.1, -0.05) is 32.9 Å². The lowest BCUT2D eigenvalue weighted by atomic mass is 9.87. The van der Waals surface area contributed by atoms with Crippen LogP contribution in [0.1, 0.15) is 36.7 Å². The van der Waals surface area contributed by atoms with Gasteiger partial charge in [0.1, 0.15) is 0 Å². The molecular formula is C22H29N3O3S. The predicted molar refractivity (Wildman–Crippen MR) is 116 cm³/mol. The highest BCUT2D eigenvalue weighted by Gasteiger charge is 2.21. The van der Waals surface area contributed by atoms with Gasteiger partial charge in [-0.2, -0.15) is 0 Å². The molecule has 1 aliphatic heterocycles. The average Bonchev–Trinajstić information content (AvgIpc) is 2.68. The molecule has 7 heteroatoms. The average molecular weight is 416 g/mol. The highest BCUT2D eigenvalue weighted by molar-refractivity contribution is 7.90. The number of rotatable bonds is 4. The first-order valence-corrected chi connectivity index (χ1v) is 11.3. The molecular weight excluding hydrogens is 386 g/mol. The van der Waals surface area contributed by atoms with Crippen LogP contribution in [0.3, 0.4) is 0 Å². The van der Waals surface area contributed by atoms with Crippen LogP contribution in [0, 0.1) is 0 Å². The van der Waals surface area contributed by atoms with Gasteiger partial charge in [0.25, 0.3) is 15.9 Å². The maximum atomic E-state index is 12.6. The van der Waals surface area contributed by atoms with Crippen LogP contribution in [0.5, 0.6) is 0 Å². The second kappa shape index (κ2) is 8.16. The van der Waals surface area contributed by atoms with E-state index in [1.165, 1.54) is 12.1 Å². The number of amides is 1. The number of nitrogens with zero attached hydrogens (tertiary/aromatic N) is 2. The molecule has 156 valence electrons. The SMILES string of the molecule is CN1CCN(c2ccc(C(=O)NS(=O)(=O)c3ccc(C(C)(C)C)cc3)cc2)CC1. The molecule has 1 fully saturated rings. The van der Waals surface area contributed by atoms with Crippen molar-refractivity contribution in [1.82, 2.24) is 9.62 Å². The van der Waals surface area contributed by atoms with Crippen LogP contribution in [0.25, 0.3) is 0 Å². The number of benzene rings is 2. The Morgan fingerprint density at radius 1 is 0.897 bits per heavy atom. The van der Waals surface area contributed by atoms with Gasteiger partial charge in [-0.25, -0.2) is 13.1 Å². The molecule has 6 nitrogen and oxygen atoms in total. The van der Waals surface area contributed by atoms with Gasteiger partial charge in [-0.3, -0.25) is 4.79 Å². The van der Waals surface area contributed by atoms with Gasteiger partial charge in [0.2, 0.25) is 0 Å². The molecule has 1 heterocycles. The lowest BCUT2D eigenvalue weighted by Crippen LogP contribution is -2.44. The first-order chi connectivity index (χ1) is 13.6. The first-order valence-electron chi connectivity index (χ1n) is 9.77. The molecule has 0 atom stereocenters. The molecule has 0 aliphatic carbocycles. The summed E-state index contributed by atoms with van der Waals surface area (Å²) in [5.74, 6) is -0.630. The molecule has 0 radical (unpaired) electrons. The third-order valence-electron chi connectivity index (χ3n) is 5.26. The van der Waals surface area contributed by atoms with E-state index in [1.807, 2.05) is 12.1 Å². The van der Waals surface area contributed by atoms with Crippen molar-refractivity contribution in [3.05, 3.63) is 59.7 Å². The van der Waals surface area contributed by atoms with Crippen molar-refractivity contribution in [3.63, 3.8) is 0 Å². The van der Waals surface area contributed by atoms with Gasteiger partial charge < -0.3 is 9.80 Å². The summed E-state index contributed by atoms with van der Waals surface area (Å²) >= 11 is 0. The van der Waals surface area contributed by atoms with E-state index < -0.39 is 15.9 Å². The standard InChI is InChI=1S/C22H29N3O3S/c1-22(2,3)18-7-11-20(12-8-18)29(27,28)23-21(26)17-5-9-19(10-6-17)25-15-13-24(4)14-16-25/h5-12H,13-16H2,1-4H3,(H,23,26). The van der Waals surface area contributed by atoms with E-state index in [2.05, 4.69) is 42.3 Å². The second-order valence-electron chi connectivity index (χ2n) is 8.55. The van der Waals surface area contributed by atoms with E-state index in [0.29, 0.717) is 5.56 Å². The second-order valence-corrected chi connectivity index (χ2v) is 10.2. The molecule has 1 amide bonds. The van der Waals surface area contributed by atoms with Crippen molar-refractivity contribution in [2.75, 3.05) is 38.1 Å². The van der Waals surface area contributed by atoms with Crippen molar-refractivity contribution in [1.29, 1.82) is 0 Å². The van der Waals surface area contributed by atoms with E-state index in [4.69, 9.17) is 0 Å². The first kappa shape index (κ1) is 21.3. The van der Waals surface area contributed by atoms with Gasteiger partial charge in [-0.15, -0.1) is 0 Å². The Morgan fingerprint density at radius 3 is 1.97 bits per heavy atom.